The van der Waals surface area contributed by atoms with Crippen molar-refractivity contribution in [1.82, 2.24) is 4.90 Å². The lowest BCUT2D eigenvalue weighted by Crippen LogP contribution is -2.76. The van der Waals surface area contributed by atoms with Gasteiger partial charge in [0.1, 0.15) is 16.8 Å². The molecule has 11 nitrogen and oxygen atoms in total. The lowest BCUT2D eigenvalue weighted by atomic mass is 9.78. The SMILES string of the molecule is CCOC(=O)C(CC1S[C@@H]2C(N(C(C)=O)c3cccs3)C(=O)N2CC1(COC)C(=O)O)C(=O)OCC. The Bertz CT molecular complexity index is 984. The normalized spacial score (nSPS) is 25.1. The number of carbonyl (C=O) groups excluding carboxylic acids is 4. The van der Waals surface area contributed by atoms with E-state index in [9.17, 15) is 29.1 Å². The zero-order valence-electron chi connectivity index (χ0n) is 20.5. The highest BCUT2D eigenvalue weighted by atomic mass is 32.2. The molecule has 1 N–H and O–H groups in total. The summed E-state index contributed by atoms with van der Waals surface area (Å²) in [5.74, 6) is -4.87. The molecule has 2 aliphatic rings. The Morgan fingerprint density at radius 2 is 1.86 bits per heavy atom. The van der Waals surface area contributed by atoms with E-state index < -0.39 is 45.9 Å². The lowest BCUT2D eigenvalue weighted by molar-refractivity contribution is -0.168. The van der Waals surface area contributed by atoms with Gasteiger partial charge in [-0.1, -0.05) is 0 Å². The van der Waals surface area contributed by atoms with Crippen molar-refractivity contribution in [3.63, 3.8) is 0 Å². The van der Waals surface area contributed by atoms with Crippen molar-refractivity contribution in [2.24, 2.45) is 11.3 Å². The van der Waals surface area contributed by atoms with E-state index in [4.69, 9.17) is 14.2 Å². The van der Waals surface area contributed by atoms with Crippen molar-refractivity contribution in [2.45, 2.75) is 43.9 Å². The number of hydrogen-bond acceptors (Lipinski definition) is 10. The average Bonchev–Trinajstić information content (AvgIpc) is 3.35. The monoisotopic (exact) mass is 542 g/mol. The molecule has 3 unspecified atom stereocenters. The Morgan fingerprint density at radius 1 is 1.22 bits per heavy atom. The largest absolute Gasteiger partial charge is 0.481 e. The summed E-state index contributed by atoms with van der Waals surface area (Å²) in [5, 5.41) is 11.3. The summed E-state index contributed by atoms with van der Waals surface area (Å²) < 4.78 is 15.4. The van der Waals surface area contributed by atoms with Gasteiger partial charge in [0.15, 0.2) is 5.92 Å². The van der Waals surface area contributed by atoms with Gasteiger partial charge in [-0.15, -0.1) is 23.1 Å². The Balaban J connectivity index is 1.99. The molecule has 198 valence electrons. The maximum absolute atomic E-state index is 13.2. The molecule has 0 radical (unpaired) electrons. The summed E-state index contributed by atoms with van der Waals surface area (Å²) in [5.41, 5.74) is -1.60. The summed E-state index contributed by atoms with van der Waals surface area (Å²) in [7, 11) is 1.35. The van der Waals surface area contributed by atoms with Gasteiger partial charge in [0.25, 0.3) is 0 Å². The first-order valence-electron chi connectivity index (χ1n) is 11.5. The first kappa shape index (κ1) is 27.9. The molecular formula is C23H30N2O9S2. The van der Waals surface area contributed by atoms with Crippen molar-refractivity contribution in [3.8, 4) is 0 Å². The summed E-state index contributed by atoms with van der Waals surface area (Å²) in [6, 6.07) is 2.66. The van der Waals surface area contributed by atoms with E-state index in [1.165, 1.54) is 35.2 Å². The first-order valence-corrected chi connectivity index (χ1v) is 13.3. The molecule has 3 rings (SSSR count). The molecule has 2 saturated heterocycles. The van der Waals surface area contributed by atoms with Gasteiger partial charge >= 0.3 is 17.9 Å². The number of methoxy groups -OCH3 is 1. The zero-order chi connectivity index (χ0) is 26.6. The van der Waals surface area contributed by atoms with E-state index in [1.54, 1.807) is 31.4 Å². The Labute approximate surface area is 217 Å². The third-order valence-electron chi connectivity index (χ3n) is 6.27. The van der Waals surface area contributed by atoms with Crippen LogP contribution in [0.25, 0.3) is 0 Å². The van der Waals surface area contributed by atoms with Crippen LogP contribution in [-0.2, 0) is 38.2 Å². The van der Waals surface area contributed by atoms with Gasteiger partial charge in [0.2, 0.25) is 11.8 Å². The summed E-state index contributed by atoms with van der Waals surface area (Å²) >= 11 is 2.46. The van der Waals surface area contributed by atoms with Crippen molar-refractivity contribution in [1.29, 1.82) is 0 Å². The quantitative estimate of drug-likeness (QED) is 0.249. The second kappa shape index (κ2) is 11.6. The van der Waals surface area contributed by atoms with Crippen molar-refractivity contribution < 1.29 is 43.3 Å². The van der Waals surface area contributed by atoms with Crippen molar-refractivity contribution in [3.05, 3.63) is 17.5 Å². The highest BCUT2D eigenvalue weighted by Crippen LogP contribution is 2.51. The Kier molecular flexibility index (Phi) is 9.01. The smallest absolute Gasteiger partial charge is 0.320 e. The predicted molar refractivity (Wildman–Crippen MR) is 131 cm³/mol. The van der Waals surface area contributed by atoms with Gasteiger partial charge in [0.05, 0.1) is 24.8 Å². The van der Waals surface area contributed by atoms with Crippen molar-refractivity contribution in [2.75, 3.05) is 38.4 Å². The third-order valence-corrected chi connectivity index (χ3v) is 8.90. The van der Waals surface area contributed by atoms with Crippen LogP contribution in [0.2, 0.25) is 0 Å². The number of rotatable bonds is 11. The minimum Gasteiger partial charge on any atom is -0.481 e. The topological polar surface area (TPSA) is 140 Å². The Morgan fingerprint density at radius 3 is 2.33 bits per heavy atom. The van der Waals surface area contributed by atoms with Crippen LogP contribution in [0.4, 0.5) is 5.00 Å². The number of amides is 2. The van der Waals surface area contributed by atoms with Crippen molar-refractivity contribution >= 4 is 57.8 Å². The molecule has 2 amide bonds. The number of fused-ring (bicyclic) bond motifs is 1. The molecule has 4 atom stereocenters. The number of anilines is 1. The van der Waals surface area contributed by atoms with Gasteiger partial charge in [-0.3, -0.25) is 28.9 Å². The molecular weight excluding hydrogens is 512 g/mol. The predicted octanol–water partition coefficient (Wildman–Crippen LogP) is 1.60. The van der Waals surface area contributed by atoms with E-state index in [0.717, 1.165) is 11.8 Å². The standard InChI is InChI=1S/C23H30N2O9S2/c1-5-33-20(28)14(21(29)34-6-2)10-15-23(12-32-4,22(30)31)11-24-18(27)17(19(24)36-15)25(13(3)26)16-8-7-9-35-16/h7-9,14-15,17,19H,5-6,10-12H2,1-4H3,(H,30,31)/t15?,17?,19-,23?/m1/s1. The molecule has 1 aromatic rings. The molecule has 2 aliphatic heterocycles. The van der Waals surface area contributed by atoms with Crippen LogP contribution >= 0.6 is 23.1 Å². The number of carboxylic acids is 1. The molecule has 1 aromatic heterocycles. The fraction of sp³-hybridized carbons (Fsp3) is 0.609. The van der Waals surface area contributed by atoms with E-state index in [1.807, 2.05) is 0 Å². The fourth-order valence-corrected chi connectivity index (χ4v) is 7.26. The van der Waals surface area contributed by atoms with Gasteiger partial charge in [-0.25, -0.2) is 0 Å². The van der Waals surface area contributed by atoms with Gasteiger partial charge < -0.3 is 24.2 Å². The van der Waals surface area contributed by atoms with E-state index in [2.05, 4.69) is 0 Å². The third kappa shape index (κ3) is 5.09. The zero-order valence-corrected chi connectivity index (χ0v) is 22.1. The van der Waals surface area contributed by atoms with E-state index in [-0.39, 0.29) is 44.6 Å². The number of β-lactam (4-membered cyclic amide) rings is 1. The van der Waals surface area contributed by atoms with Crippen LogP contribution in [0.3, 0.4) is 0 Å². The molecule has 0 bridgehead atoms. The van der Waals surface area contributed by atoms with Gasteiger partial charge in [0, 0.05) is 25.8 Å². The number of aliphatic carboxylic acids is 1. The number of carbonyl (C=O) groups is 5. The number of hydrogen-bond donors (Lipinski definition) is 1. The van der Waals surface area contributed by atoms with E-state index in [0.29, 0.717) is 5.00 Å². The number of nitrogens with zero attached hydrogens (tertiary/aromatic N) is 2. The lowest BCUT2D eigenvalue weighted by Gasteiger charge is -2.58. The summed E-state index contributed by atoms with van der Waals surface area (Å²) in [6.07, 6.45) is -0.192. The number of esters is 2. The second-order valence-corrected chi connectivity index (χ2v) is 10.7. The minimum absolute atomic E-state index is 0.0378. The van der Waals surface area contributed by atoms with Crippen LogP contribution in [0.5, 0.6) is 0 Å². The number of thioether (sulfide) groups is 1. The molecule has 3 heterocycles. The highest BCUT2D eigenvalue weighted by Gasteiger charge is 2.63. The number of ether oxygens (including phenoxy) is 3. The molecule has 0 saturated carbocycles. The fourth-order valence-electron chi connectivity index (χ4n) is 4.59. The highest BCUT2D eigenvalue weighted by molar-refractivity contribution is 8.00. The van der Waals surface area contributed by atoms with Crippen LogP contribution < -0.4 is 4.90 Å². The molecule has 2 fully saturated rings. The van der Waals surface area contributed by atoms with Gasteiger partial charge in [-0.2, -0.15) is 0 Å². The summed E-state index contributed by atoms with van der Waals surface area (Å²) in [4.78, 5) is 66.5. The molecule has 0 aromatic carbocycles. The minimum atomic E-state index is -1.60. The molecule has 0 aliphatic carbocycles. The Hall–Kier alpha value is -2.64. The van der Waals surface area contributed by atoms with Crippen LogP contribution in [0.15, 0.2) is 17.5 Å². The molecule has 13 heteroatoms. The number of thiophene rings is 1. The number of carboxylic acid groups (broad SMARTS) is 1. The maximum Gasteiger partial charge on any atom is 0.320 e. The first-order chi connectivity index (χ1) is 17.1. The maximum atomic E-state index is 13.2. The molecule has 36 heavy (non-hydrogen) atoms. The van der Waals surface area contributed by atoms with E-state index >= 15 is 0 Å². The molecule has 0 spiro atoms. The van der Waals surface area contributed by atoms with Gasteiger partial charge in [-0.05, 0) is 37.8 Å². The average molecular weight is 543 g/mol. The van der Waals surface area contributed by atoms with Crippen LogP contribution in [-0.4, -0.2) is 89.9 Å². The summed E-state index contributed by atoms with van der Waals surface area (Å²) in [6.45, 7) is 4.21. The van der Waals surface area contributed by atoms with Crippen LogP contribution in [0.1, 0.15) is 27.2 Å². The second-order valence-electron chi connectivity index (χ2n) is 8.45. The van der Waals surface area contributed by atoms with Crippen LogP contribution in [0, 0.1) is 11.3 Å².